The molecule has 5 heteroatoms. The quantitative estimate of drug-likeness (QED) is 0.489. The number of carbonyl (C=O) groups is 1. The molecule has 0 radical (unpaired) electrons. The fourth-order valence-corrected chi connectivity index (χ4v) is 2.64. The van der Waals surface area contributed by atoms with Crippen LogP contribution in [0.5, 0.6) is 5.75 Å². The Morgan fingerprint density at radius 2 is 2.00 bits per heavy atom. The molecule has 0 bridgehead atoms. The molecule has 2 aromatic carbocycles. The van der Waals surface area contributed by atoms with Gasteiger partial charge in [0, 0.05) is 22.9 Å². The number of rotatable bonds is 6. The molecule has 2 aromatic rings. The minimum absolute atomic E-state index is 0.173. The monoisotopic (exact) mass is 302 g/mol. The molecule has 0 unspecified atom stereocenters. The van der Waals surface area contributed by atoms with Crippen LogP contribution in [0.15, 0.2) is 53.4 Å². The molecule has 3 N–H and O–H groups in total. The van der Waals surface area contributed by atoms with E-state index in [1.807, 2.05) is 30.3 Å². The maximum absolute atomic E-state index is 12.1. The molecular weight excluding hydrogens is 284 g/mol. The van der Waals surface area contributed by atoms with Crippen LogP contribution in [0.2, 0.25) is 0 Å². The molecule has 0 aliphatic heterocycles. The van der Waals surface area contributed by atoms with Crippen LogP contribution in [0.1, 0.15) is 10.4 Å². The first kappa shape index (κ1) is 15.3. The Morgan fingerprint density at radius 1 is 1.24 bits per heavy atom. The van der Waals surface area contributed by atoms with Crippen molar-refractivity contribution < 1.29 is 9.53 Å². The Kier molecular flexibility index (Phi) is 5.51. The minimum Gasteiger partial charge on any atom is -0.496 e. The van der Waals surface area contributed by atoms with Crippen LogP contribution in [0.4, 0.5) is 5.69 Å². The second kappa shape index (κ2) is 7.59. The number of nitrogen functional groups attached to an aromatic ring is 1. The molecule has 110 valence electrons. The predicted octanol–water partition coefficient (Wildman–Crippen LogP) is 2.80. The molecule has 0 fully saturated rings. The number of nitrogens with two attached hydrogens (primary N) is 1. The van der Waals surface area contributed by atoms with Crippen LogP contribution in [0.25, 0.3) is 0 Å². The van der Waals surface area contributed by atoms with E-state index >= 15 is 0 Å². The largest absolute Gasteiger partial charge is 0.496 e. The summed E-state index contributed by atoms with van der Waals surface area (Å²) >= 11 is 1.70. The van der Waals surface area contributed by atoms with Crippen LogP contribution in [-0.2, 0) is 0 Å². The van der Waals surface area contributed by atoms with E-state index in [0.29, 0.717) is 23.5 Å². The average molecular weight is 302 g/mol. The van der Waals surface area contributed by atoms with Crippen molar-refractivity contribution in [1.82, 2.24) is 5.32 Å². The van der Waals surface area contributed by atoms with Crippen LogP contribution < -0.4 is 15.8 Å². The van der Waals surface area contributed by atoms with Gasteiger partial charge in [0.2, 0.25) is 0 Å². The van der Waals surface area contributed by atoms with Gasteiger partial charge in [0.15, 0.2) is 0 Å². The number of ether oxygens (including phenoxy) is 1. The molecular formula is C16H18N2O2S. The molecule has 0 atom stereocenters. The molecule has 0 aliphatic rings. The Bertz CT molecular complexity index is 602. The molecule has 0 spiro atoms. The van der Waals surface area contributed by atoms with E-state index in [0.717, 1.165) is 5.75 Å². The third-order valence-corrected chi connectivity index (χ3v) is 3.88. The summed E-state index contributed by atoms with van der Waals surface area (Å²) in [6.07, 6.45) is 0. The first-order valence-electron chi connectivity index (χ1n) is 6.60. The highest BCUT2D eigenvalue weighted by molar-refractivity contribution is 7.99. The van der Waals surface area contributed by atoms with Crippen molar-refractivity contribution in [1.29, 1.82) is 0 Å². The molecule has 4 nitrogen and oxygen atoms in total. The summed E-state index contributed by atoms with van der Waals surface area (Å²) in [6.45, 7) is 0.580. The smallest absolute Gasteiger partial charge is 0.255 e. The number of anilines is 1. The topological polar surface area (TPSA) is 64.3 Å². The molecule has 21 heavy (non-hydrogen) atoms. The number of carbonyl (C=O) groups excluding carboxylic acids is 1. The van der Waals surface area contributed by atoms with Gasteiger partial charge in [-0.2, -0.15) is 0 Å². The SMILES string of the molecule is COc1ccc(N)cc1C(=O)NCCSc1ccccc1. The van der Waals surface area contributed by atoms with E-state index < -0.39 is 0 Å². The Hall–Kier alpha value is -2.14. The third-order valence-electron chi connectivity index (χ3n) is 2.87. The zero-order valence-corrected chi connectivity index (χ0v) is 12.7. The second-order valence-corrected chi connectivity index (χ2v) is 5.55. The number of hydrogen-bond acceptors (Lipinski definition) is 4. The van der Waals surface area contributed by atoms with Crippen molar-refractivity contribution in [2.75, 3.05) is 25.1 Å². The van der Waals surface area contributed by atoms with Crippen molar-refractivity contribution in [3.8, 4) is 5.75 Å². The summed E-state index contributed by atoms with van der Waals surface area (Å²) in [6, 6.07) is 15.1. The van der Waals surface area contributed by atoms with Gasteiger partial charge in [-0.15, -0.1) is 11.8 Å². The van der Waals surface area contributed by atoms with Gasteiger partial charge in [0.1, 0.15) is 5.75 Å². The number of thioether (sulfide) groups is 1. The Morgan fingerprint density at radius 3 is 2.71 bits per heavy atom. The van der Waals surface area contributed by atoms with E-state index in [1.54, 1.807) is 30.0 Å². The predicted molar refractivity (Wildman–Crippen MR) is 86.9 cm³/mol. The van der Waals surface area contributed by atoms with E-state index in [4.69, 9.17) is 10.5 Å². The van der Waals surface area contributed by atoms with Gasteiger partial charge in [0.05, 0.1) is 12.7 Å². The molecule has 0 heterocycles. The summed E-state index contributed by atoms with van der Waals surface area (Å²) < 4.78 is 5.18. The summed E-state index contributed by atoms with van der Waals surface area (Å²) in [4.78, 5) is 13.3. The minimum atomic E-state index is -0.173. The van der Waals surface area contributed by atoms with Crippen LogP contribution in [-0.4, -0.2) is 25.3 Å². The van der Waals surface area contributed by atoms with Gasteiger partial charge in [-0.1, -0.05) is 18.2 Å². The Balaban J connectivity index is 1.86. The summed E-state index contributed by atoms with van der Waals surface area (Å²) in [5.74, 6) is 1.16. The fraction of sp³-hybridized carbons (Fsp3) is 0.188. The number of hydrogen-bond donors (Lipinski definition) is 2. The molecule has 0 aromatic heterocycles. The lowest BCUT2D eigenvalue weighted by atomic mass is 10.1. The lowest BCUT2D eigenvalue weighted by Gasteiger charge is -2.10. The molecule has 0 aliphatic carbocycles. The number of amides is 1. The first-order chi connectivity index (χ1) is 10.2. The second-order valence-electron chi connectivity index (χ2n) is 4.38. The first-order valence-corrected chi connectivity index (χ1v) is 7.59. The number of nitrogens with one attached hydrogen (secondary N) is 1. The highest BCUT2D eigenvalue weighted by Gasteiger charge is 2.11. The average Bonchev–Trinajstić information content (AvgIpc) is 2.52. The summed E-state index contributed by atoms with van der Waals surface area (Å²) in [7, 11) is 1.54. The number of methoxy groups -OCH3 is 1. The van der Waals surface area contributed by atoms with Gasteiger partial charge < -0.3 is 15.8 Å². The van der Waals surface area contributed by atoms with Gasteiger partial charge in [-0.25, -0.2) is 0 Å². The summed E-state index contributed by atoms with van der Waals surface area (Å²) in [5, 5.41) is 2.88. The van der Waals surface area contributed by atoms with Crippen molar-refractivity contribution in [2.45, 2.75) is 4.90 Å². The fourth-order valence-electron chi connectivity index (χ4n) is 1.85. The van der Waals surface area contributed by atoms with Crippen molar-refractivity contribution in [2.24, 2.45) is 0 Å². The maximum Gasteiger partial charge on any atom is 0.255 e. The lowest BCUT2D eigenvalue weighted by molar-refractivity contribution is 0.0953. The molecule has 1 amide bonds. The van der Waals surface area contributed by atoms with Gasteiger partial charge in [-0.05, 0) is 30.3 Å². The highest BCUT2D eigenvalue weighted by atomic mass is 32.2. The van der Waals surface area contributed by atoms with E-state index in [1.165, 1.54) is 12.0 Å². The van der Waals surface area contributed by atoms with Gasteiger partial charge >= 0.3 is 0 Å². The van der Waals surface area contributed by atoms with Crippen LogP contribution >= 0.6 is 11.8 Å². The molecule has 2 rings (SSSR count). The normalized spacial score (nSPS) is 10.1. The molecule has 0 saturated heterocycles. The lowest BCUT2D eigenvalue weighted by Crippen LogP contribution is -2.26. The van der Waals surface area contributed by atoms with E-state index in [9.17, 15) is 4.79 Å². The van der Waals surface area contributed by atoms with Crippen LogP contribution in [0.3, 0.4) is 0 Å². The van der Waals surface area contributed by atoms with Gasteiger partial charge in [-0.3, -0.25) is 4.79 Å². The van der Waals surface area contributed by atoms with E-state index in [-0.39, 0.29) is 5.91 Å². The standard InChI is InChI=1S/C16H18N2O2S/c1-20-15-8-7-12(17)11-14(15)16(19)18-9-10-21-13-5-3-2-4-6-13/h2-8,11H,9-10,17H2,1H3,(H,18,19). The van der Waals surface area contributed by atoms with Crippen molar-refractivity contribution in [3.05, 3.63) is 54.1 Å². The highest BCUT2D eigenvalue weighted by Crippen LogP contribution is 2.21. The van der Waals surface area contributed by atoms with Gasteiger partial charge in [0.25, 0.3) is 5.91 Å². The third kappa shape index (κ3) is 4.43. The van der Waals surface area contributed by atoms with E-state index in [2.05, 4.69) is 5.32 Å². The zero-order valence-electron chi connectivity index (χ0n) is 11.8. The zero-order chi connectivity index (χ0) is 15.1. The van der Waals surface area contributed by atoms with Crippen LogP contribution in [0, 0.1) is 0 Å². The number of benzene rings is 2. The maximum atomic E-state index is 12.1. The van der Waals surface area contributed by atoms with Crippen molar-refractivity contribution >= 4 is 23.4 Å². The Labute approximate surface area is 128 Å². The molecule has 0 saturated carbocycles. The summed E-state index contributed by atoms with van der Waals surface area (Å²) in [5.41, 5.74) is 6.71. The van der Waals surface area contributed by atoms with Crippen molar-refractivity contribution in [3.63, 3.8) is 0 Å².